The number of carbonyl (C=O) groups excluding carboxylic acids is 2. The van der Waals surface area contributed by atoms with Crippen LogP contribution in [0.1, 0.15) is 26.7 Å². The van der Waals surface area contributed by atoms with Crippen molar-refractivity contribution in [3.05, 3.63) is 0 Å². The molecule has 2 amide bonds. The smallest absolute Gasteiger partial charge is 0.258 e. The molecule has 1 aliphatic rings. The van der Waals surface area contributed by atoms with Crippen molar-refractivity contribution in [2.24, 2.45) is 5.92 Å². The number of hydrogen-bond acceptors (Lipinski definition) is 3. The van der Waals surface area contributed by atoms with E-state index in [1.807, 2.05) is 0 Å². The lowest BCUT2D eigenvalue weighted by molar-refractivity contribution is -0.154. The van der Waals surface area contributed by atoms with Gasteiger partial charge in [0, 0.05) is 6.42 Å². The Labute approximate surface area is 71.0 Å². The maximum atomic E-state index is 11.2. The molecule has 4 nitrogen and oxygen atoms in total. The van der Waals surface area contributed by atoms with Crippen LogP contribution in [0.2, 0.25) is 0 Å². The van der Waals surface area contributed by atoms with Crippen molar-refractivity contribution in [2.75, 3.05) is 0 Å². The van der Waals surface area contributed by atoms with Crippen LogP contribution in [0.3, 0.4) is 0 Å². The predicted octanol–water partition coefficient (Wildman–Crippen LogP) is -0.190. The molecule has 0 aromatic carbocycles. The number of amides is 2. The number of aliphatic hydroxyl groups is 1. The van der Waals surface area contributed by atoms with Crippen LogP contribution in [0.15, 0.2) is 0 Å². The highest BCUT2D eigenvalue weighted by atomic mass is 16.3. The van der Waals surface area contributed by atoms with Crippen LogP contribution >= 0.6 is 0 Å². The molecule has 1 rings (SSSR count). The zero-order valence-corrected chi connectivity index (χ0v) is 7.26. The molecule has 4 heteroatoms. The van der Waals surface area contributed by atoms with E-state index in [2.05, 4.69) is 5.32 Å². The first-order valence-corrected chi connectivity index (χ1v) is 4.03. The molecule has 0 aliphatic carbocycles. The van der Waals surface area contributed by atoms with Gasteiger partial charge in [0.25, 0.3) is 5.91 Å². The van der Waals surface area contributed by atoms with Crippen LogP contribution in [0.25, 0.3) is 0 Å². The summed E-state index contributed by atoms with van der Waals surface area (Å²) in [4.78, 5) is 21.9. The summed E-state index contributed by atoms with van der Waals surface area (Å²) in [5.74, 6) is -1.02. The lowest BCUT2D eigenvalue weighted by atomic mass is 9.83. The number of imide groups is 1. The Hall–Kier alpha value is -0.900. The highest BCUT2D eigenvalue weighted by molar-refractivity contribution is 6.02. The van der Waals surface area contributed by atoms with Gasteiger partial charge in [0.2, 0.25) is 5.91 Å². The van der Waals surface area contributed by atoms with Gasteiger partial charge in [0.1, 0.15) is 5.60 Å². The van der Waals surface area contributed by atoms with Crippen molar-refractivity contribution in [2.45, 2.75) is 32.3 Å². The minimum Gasteiger partial charge on any atom is -0.380 e. The molecule has 0 aromatic heterocycles. The molecule has 1 fully saturated rings. The molecule has 1 saturated heterocycles. The zero-order valence-electron chi connectivity index (χ0n) is 7.26. The molecule has 2 N–H and O–H groups in total. The number of rotatable bonds is 1. The third-order valence-corrected chi connectivity index (χ3v) is 2.33. The molecular formula is C8H13NO3. The van der Waals surface area contributed by atoms with Crippen molar-refractivity contribution in [3.8, 4) is 0 Å². The van der Waals surface area contributed by atoms with Crippen molar-refractivity contribution in [1.29, 1.82) is 0 Å². The van der Waals surface area contributed by atoms with Crippen LogP contribution in [0.4, 0.5) is 0 Å². The fourth-order valence-electron chi connectivity index (χ4n) is 1.27. The predicted molar refractivity (Wildman–Crippen MR) is 42.2 cm³/mol. The van der Waals surface area contributed by atoms with Crippen LogP contribution in [-0.2, 0) is 9.59 Å². The summed E-state index contributed by atoms with van der Waals surface area (Å²) in [6.07, 6.45) is 0.454. The SMILES string of the molecule is CC(C)C1(O)CCC(=O)NC1=O. The van der Waals surface area contributed by atoms with Crippen molar-refractivity contribution in [3.63, 3.8) is 0 Å². The Morgan fingerprint density at radius 2 is 2.08 bits per heavy atom. The normalized spacial score (nSPS) is 30.7. The Balaban J connectivity index is 2.80. The second kappa shape index (κ2) is 2.86. The summed E-state index contributed by atoms with van der Waals surface area (Å²) in [5, 5.41) is 11.9. The molecule has 0 radical (unpaired) electrons. The largest absolute Gasteiger partial charge is 0.380 e. The Morgan fingerprint density at radius 1 is 1.50 bits per heavy atom. The van der Waals surface area contributed by atoms with E-state index in [4.69, 9.17) is 0 Å². The number of nitrogens with one attached hydrogen (secondary N) is 1. The molecule has 0 aromatic rings. The molecule has 0 bridgehead atoms. The van der Waals surface area contributed by atoms with Gasteiger partial charge >= 0.3 is 0 Å². The van der Waals surface area contributed by atoms with Crippen molar-refractivity contribution < 1.29 is 14.7 Å². The summed E-state index contributed by atoms with van der Waals surface area (Å²) in [6.45, 7) is 3.52. The summed E-state index contributed by atoms with van der Waals surface area (Å²) in [7, 11) is 0. The fourth-order valence-corrected chi connectivity index (χ4v) is 1.27. The van der Waals surface area contributed by atoms with Crippen LogP contribution in [-0.4, -0.2) is 22.5 Å². The van der Waals surface area contributed by atoms with E-state index in [1.165, 1.54) is 0 Å². The lowest BCUT2D eigenvalue weighted by Gasteiger charge is -2.33. The van der Waals surface area contributed by atoms with Crippen molar-refractivity contribution >= 4 is 11.8 Å². The van der Waals surface area contributed by atoms with E-state index >= 15 is 0 Å². The third kappa shape index (κ3) is 1.34. The molecular weight excluding hydrogens is 158 g/mol. The van der Waals surface area contributed by atoms with E-state index in [9.17, 15) is 14.7 Å². The first-order chi connectivity index (χ1) is 5.47. The van der Waals surface area contributed by atoms with E-state index in [-0.39, 0.29) is 24.7 Å². The Kier molecular flexibility index (Phi) is 2.19. The molecule has 1 unspecified atom stereocenters. The Bertz CT molecular complexity index is 224. The Morgan fingerprint density at radius 3 is 2.50 bits per heavy atom. The molecule has 0 saturated carbocycles. The second-order valence-electron chi connectivity index (χ2n) is 3.46. The number of carbonyl (C=O) groups is 2. The summed E-state index contributed by atoms with van der Waals surface area (Å²) < 4.78 is 0. The maximum absolute atomic E-state index is 11.2. The minimum atomic E-state index is -1.35. The van der Waals surface area contributed by atoms with E-state index in [1.54, 1.807) is 13.8 Å². The van der Waals surface area contributed by atoms with E-state index in [0.717, 1.165) is 0 Å². The highest BCUT2D eigenvalue weighted by Crippen LogP contribution is 2.25. The van der Waals surface area contributed by atoms with Gasteiger partial charge in [-0.05, 0) is 12.3 Å². The summed E-state index contributed by atoms with van der Waals surface area (Å²) >= 11 is 0. The van der Waals surface area contributed by atoms with Gasteiger partial charge in [0.15, 0.2) is 0 Å². The van der Waals surface area contributed by atoms with Crippen molar-refractivity contribution in [1.82, 2.24) is 5.32 Å². The maximum Gasteiger partial charge on any atom is 0.258 e. The quantitative estimate of drug-likeness (QED) is 0.537. The highest BCUT2D eigenvalue weighted by Gasteiger charge is 2.43. The van der Waals surface area contributed by atoms with Gasteiger partial charge < -0.3 is 5.11 Å². The van der Waals surface area contributed by atoms with Gasteiger partial charge in [-0.1, -0.05) is 13.8 Å². The number of hydrogen-bond donors (Lipinski definition) is 2. The summed E-state index contributed by atoms with van der Waals surface area (Å²) in [6, 6.07) is 0. The molecule has 1 aliphatic heterocycles. The average Bonchev–Trinajstić information content (AvgIpc) is 1.97. The third-order valence-electron chi connectivity index (χ3n) is 2.33. The minimum absolute atomic E-state index is 0.161. The second-order valence-corrected chi connectivity index (χ2v) is 3.46. The zero-order chi connectivity index (χ0) is 9.35. The number of piperidine rings is 1. The van der Waals surface area contributed by atoms with Gasteiger partial charge in [-0.3, -0.25) is 14.9 Å². The van der Waals surface area contributed by atoms with Gasteiger partial charge in [0.05, 0.1) is 0 Å². The van der Waals surface area contributed by atoms with E-state index < -0.39 is 11.5 Å². The van der Waals surface area contributed by atoms with Gasteiger partial charge in [-0.25, -0.2) is 0 Å². The van der Waals surface area contributed by atoms with Gasteiger partial charge in [-0.15, -0.1) is 0 Å². The molecule has 1 atom stereocenters. The fraction of sp³-hybridized carbons (Fsp3) is 0.750. The monoisotopic (exact) mass is 171 g/mol. The average molecular weight is 171 g/mol. The molecule has 12 heavy (non-hydrogen) atoms. The lowest BCUT2D eigenvalue weighted by Crippen LogP contribution is -2.56. The summed E-state index contributed by atoms with van der Waals surface area (Å²) in [5.41, 5.74) is -1.35. The van der Waals surface area contributed by atoms with Gasteiger partial charge in [-0.2, -0.15) is 0 Å². The first kappa shape index (κ1) is 9.19. The van der Waals surface area contributed by atoms with E-state index in [0.29, 0.717) is 0 Å². The molecule has 1 heterocycles. The van der Waals surface area contributed by atoms with Crippen LogP contribution in [0, 0.1) is 5.92 Å². The standard InChI is InChI=1S/C8H13NO3/c1-5(2)8(12)4-3-6(10)9-7(8)11/h5,12H,3-4H2,1-2H3,(H,9,10,11). The van der Waals surface area contributed by atoms with Crippen LogP contribution in [0.5, 0.6) is 0 Å². The topological polar surface area (TPSA) is 66.4 Å². The molecule has 68 valence electrons. The van der Waals surface area contributed by atoms with Crippen LogP contribution < -0.4 is 5.32 Å². The first-order valence-electron chi connectivity index (χ1n) is 4.03. The molecule has 0 spiro atoms.